The summed E-state index contributed by atoms with van der Waals surface area (Å²) in [6, 6.07) is 2.08. The molecule has 2 nitrogen and oxygen atoms in total. The van der Waals surface area contributed by atoms with E-state index < -0.39 is 0 Å². The van der Waals surface area contributed by atoms with E-state index in [1.807, 2.05) is 13.8 Å². The maximum atomic E-state index is 5.62. The number of hydrogen-bond donors (Lipinski definition) is 1. The maximum absolute atomic E-state index is 5.62. The molecule has 0 bridgehead atoms. The normalized spacial score (nSPS) is 10.1. The van der Waals surface area contributed by atoms with Crippen LogP contribution in [-0.4, -0.2) is 4.68 Å². The summed E-state index contributed by atoms with van der Waals surface area (Å²) in [6.07, 6.45) is 0. The summed E-state index contributed by atoms with van der Waals surface area (Å²) in [7, 11) is 0. The molecule has 0 fully saturated rings. The van der Waals surface area contributed by atoms with Crippen molar-refractivity contribution in [3.63, 3.8) is 0 Å². The first kappa shape index (κ1) is 6.20. The van der Waals surface area contributed by atoms with Crippen LogP contribution in [0.25, 0.3) is 0 Å². The molecule has 0 aromatic carbocycles. The quantitative estimate of drug-likeness (QED) is 0.516. The third kappa shape index (κ3) is 0.803. The first-order chi connectivity index (χ1) is 4.13. The minimum absolute atomic E-state index is 1.12. The Bertz CT molecular complexity index is 201. The molecule has 1 heterocycles. The molecule has 0 aliphatic heterocycles. The van der Waals surface area contributed by atoms with Gasteiger partial charge in [0.2, 0.25) is 0 Å². The molecule has 0 spiro atoms. The second kappa shape index (κ2) is 1.79. The van der Waals surface area contributed by atoms with Crippen molar-refractivity contribution >= 4 is 0 Å². The monoisotopic (exact) mass is 124 g/mol. The largest absolute Gasteiger partial charge is 0.339 e. The van der Waals surface area contributed by atoms with Gasteiger partial charge in [0.05, 0.1) is 0 Å². The number of aromatic nitrogens is 1. The summed E-state index contributed by atoms with van der Waals surface area (Å²) in [5.74, 6) is 5.62. The highest BCUT2D eigenvalue weighted by Gasteiger charge is 1.99. The first-order valence-electron chi connectivity index (χ1n) is 3.03. The van der Waals surface area contributed by atoms with Gasteiger partial charge in [-0.3, -0.25) is 4.68 Å². The van der Waals surface area contributed by atoms with E-state index in [4.69, 9.17) is 5.84 Å². The molecular formula is C7H12N2. The summed E-state index contributed by atoms with van der Waals surface area (Å²) in [4.78, 5) is 0. The van der Waals surface area contributed by atoms with Gasteiger partial charge in [0, 0.05) is 11.4 Å². The predicted octanol–water partition coefficient (Wildman–Crippen LogP) is 1.13. The van der Waals surface area contributed by atoms with Crippen molar-refractivity contribution in [3.8, 4) is 0 Å². The lowest BCUT2D eigenvalue weighted by molar-refractivity contribution is 0.911. The van der Waals surface area contributed by atoms with Crippen molar-refractivity contribution in [2.24, 2.45) is 0 Å². The molecule has 0 saturated heterocycles. The smallest absolute Gasteiger partial charge is 0.0393 e. The minimum Gasteiger partial charge on any atom is -0.339 e. The lowest BCUT2D eigenvalue weighted by atomic mass is 10.3. The van der Waals surface area contributed by atoms with Crippen molar-refractivity contribution in [1.29, 1.82) is 0 Å². The van der Waals surface area contributed by atoms with E-state index in [0.29, 0.717) is 0 Å². The van der Waals surface area contributed by atoms with Gasteiger partial charge in [-0.05, 0) is 32.4 Å². The summed E-state index contributed by atoms with van der Waals surface area (Å²) in [6.45, 7) is 6.08. The molecule has 2 heteroatoms. The van der Waals surface area contributed by atoms with Crippen LogP contribution in [0.2, 0.25) is 0 Å². The number of nitrogens with zero attached hydrogens (tertiary/aromatic N) is 1. The van der Waals surface area contributed by atoms with Crippen LogP contribution >= 0.6 is 0 Å². The first-order valence-corrected chi connectivity index (χ1v) is 3.03. The molecule has 0 aliphatic rings. The maximum Gasteiger partial charge on any atom is 0.0393 e. The Morgan fingerprint density at radius 1 is 1.33 bits per heavy atom. The van der Waals surface area contributed by atoms with Crippen molar-refractivity contribution in [3.05, 3.63) is 23.0 Å². The lowest BCUT2D eigenvalue weighted by Gasteiger charge is -1.98. The molecule has 9 heavy (non-hydrogen) atoms. The van der Waals surface area contributed by atoms with Crippen LogP contribution in [0.5, 0.6) is 0 Å². The molecule has 1 aromatic heterocycles. The Morgan fingerprint density at radius 2 is 1.89 bits per heavy atom. The van der Waals surface area contributed by atoms with Crippen LogP contribution in [0.4, 0.5) is 0 Å². The van der Waals surface area contributed by atoms with E-state index >= 15 is 0 Å². The molecule has 0 aliphatic carbocycles. The van der Waals surface area contributed by atoms with Gasteiger partial charge in [-0.15, -0.1) is 0 Å². The third-order valence-corrected chi connectivity index (χ3v) is 1.74. The Labute approximate surface area is 55.3 Å². The molecule has 0 unspecified atom stereocenters. The highest BCUT2D eigenvalue weighted by atomic mass is 15.3. The summed E-state index contributed by atoms with van der Waals surface area (Å²) >= 11 is 0. The molecule has 50 valence electrons. The van der Waals surface area contributed by atoms with Crippen molar-refractivity contribution in [2.75, 3.05) is 5.84 Å². The van der Waals surface area contributed by atoms with Gasteiger partial charge in [0.1, 0.15) is 0 Å². The SMILES string of the molecule is Cc1cc(C)n(N)c1C. The number of aryl methyl sites for hydroxylation is 2. The summed E-state index contributed by atoms with van der Waals surface area (Å²) < 4.78 is 1.70. The van der Waals surface area contributed by atoms with Gasteiger partial charge >= 0.3 is 0 Å². The molecule has 0 radical (unpaired) electrons. The highest BCUT2D eigenvalue weighted by Crippen LogP contribution is 2.08. The van der Waals surface area contributed by atoms with E-state index in [0.717, 1.165) is 11.4 Å². The van der Waals surface area contributed by atoms with Crippen molar-refractivity contribution in [2.45, 2.75) is 20.8 Å². The Hall–Kier alpha value is -0.920. The van der Waals surface area contributed by atoms with E-state index in [9.17, 15) is 0 Å². The van der Waals surface area contributed by atoms with Gasteiger partial charge in [-0.1, -0.05) is 0 Å². The number of hydrogen-bond acceptors (Lipinski definition) is 1. The van der Waals surface area contributed by atoms with Crippen LogP contribution in [0.3, 0.4) is 0 Å². The molecule has 0 amide bonds. The predicted molar refractivity (Wildman–Crippen MR) is 38.8 cm³/mol. The Balaban J connectivity index is 3.29. The van der Waals surface area contributed by atoms with Crippen LogP contribution in [-0.2, 0) is 0 Å². The number of nitrogen functional groups attached to an aromatic ring is 1. The average Bonchev–Trinajstić information content (AvgIpc) is 1.98. The fraction of sp³-hybridized carbons (Fsp3) is 0.429. The molecule has 0 saturated carbocycles. The zero-order valence-electron chi connectivity index (χ0n) is 6.10. The van der Waals surface area contributed by atoms with Gasteiger partial charge < -0.3 is 5.84 Å². The molecular weight excluding hydrogens is 112 g/mol. The number of nitrogens with two attached hydrogens (primary N) is 1. The number of rotatable bonds is 0. The molecule has 1 aromatic rings. The topological polar surface area (TPSA) is 30.9 Å². The van der Waals surface area contributed by atoms with Crippen LogP contribution in [0.1, 0.15) is 17.0 Å². The zero-order chi connectivity index (χ0) is 7.02. The van der Waals surface area contributed by atoms with Crippen molar-refractivity contribution in [1.82, 2.24) is 4.68 Å². The summed E-state index contributed by atoms with van der Waals surface area (Å²) in [5, 5.41) is 0. The van der Waals surface area contributed by atoms with E-state index in [2.05, 4.69) is 13.0 Å². The molecule has 2 N–H and O–H groups in total. The average molecular weight is 124 g/mol. The molecule has 1 rings (SSSR count). The standard InChI is InChI=1S/C7H12N2/c1-5-4-6(2)9(8)7(5)3/h4H,8H2,1-3H3. The second-order valence-electron chi connectivity index (χ2n) is 2.42. The van der Waals surface area contributed by atoms with E-state index in [1.165, 1.54) is 5.56 Å². The second-order valence-corrected chi connectivity index (χ2v) is 2.42. The Morgan fingerprint density at radius 3 is 2.00 bits per heavy atom. The lowest BCUT2D eigenvalue weighted by Crippen LogP contribution is -2.11. The van der Waals surface area contributed by atoms with Crippen LogP contribution < -0.4 is 5.84 Å². The highest BCUT2D eigenvalue weighted by molar-refractivity contribution is 5.24. The third-order valence-electron chi connectivity index (χ3n) is 1.74. The van der Waals surface area contributed by atoms with Crippen LogP contribution in [0, 0.1) is 20.8 Å². The summed E-state index contributed by atoms with van der Waals surface area (Å²) in [5.41, 5.74) is 3.52. The zero-order valence-corrected chi connectivity index (χ0v) is 6.10. The Kier molecular flexibility index (Phi) is 1.24. The minimum atomic E-state index is 1.12. The fourth-order valence-corrected chi connectivity index (χ4v) is 0.942. The van der Waals surface area contributed by atoms with E-state index in [1.54, 1.807) is 4.68 Å². The van der Waals surface area contributed by atoms with E-state index in [-0.39, 0.29) is 0 Å². The van der Waals surface area contributed by atoms with Gasteiger partial charge in [-0.2, -0.15) is 0 Å². The van der Waals surface area contributed by atoms with Crippen LogP contribution in [0.15, 0.2) is 6.07 Å². The van der Waals surface area contributed by atoms with Gasteiger partial charge in [0.25, 0.3) is 0 Å². The molecule has 0 atom stereocenters. The fourth-order valence-electron chi connectivity index (χ4n) is 0.942. The van der Waals surface area contributed by atoms with Gasteiger partial charge in [0.15, 0.2) is 0 Å². The van der Waals surface area contributed by atoms with Gasteiger partial charge in [-0.25, -0.2) is 0 Å². The van der Waals surface area contributed by atoms with Crippen molar-refractivity contribution < 1.29 is 0 Å².